The van der Waals surface area contributed by atoms with Gasteiger partial charge in [0, 0.05) is 12.1 Å². The van der Waals surface area contributed by atoms with Crippen LogP contribution in [0.3, 0.4) is 0 Å². The molecule has 1 rings (SSSR count). The average molecular weight is 312 g/mol. The van der Waals surface area contributed by atoms with Crippen LogP contribution in [-0.2, 0) is 0 Å². The first-order valence-corrected chi connectivity index (χ1v) is 8.33. The quantitative estimate of drug-likeness (QED) is 0.673. The Morgan fingerprint density at radius 2 is 2.00 bits per heavy atom. The van der Waals surface area contributed by atoms with Crippen LogP contribution in [0.2, 0.25) is 0 Å². The molecule has 0 spiro atoms. The predicted octanol–water partition coefficient (Wildman–Crippen LogP) is 3.49. The van der Waals surface area contributed by atoms with Crippen LogP contribution in [0, 0.1) is 5.92 Å². The Kier molecular flexibility index (Phi) is 6.45. The SMILES string of the molecule is CC(C)CCCCNC(=O)c1sc(NC(C)(C)C)nc1N. The van der Waals surface area contributed by atoms with Crippen LogP contribution in [0.25, 0.3) is 0 Å². The third-order valence-electron chi connectivity index (χ3n) is 2.84. The van der Waals surface area contributed by atoms with Crippen LogP contribution in [0.1, 0.15) is 63.6 Å². The lowest BCUT2D eigenvalue weighted by Crippen LogP contribution is -2.25. The molecule has 0 aromatic carbocycles. The summed E-state index contributed by atoms with van der Waals surface area (Å²) >= 11 is 1.30. The van der Waals surface area contributed by atoms with Crippen molar-refractivity contribution in [1.29, 1.82) is 0 Å². The van der Waals surface area contributed by atoms with E-state index in [0.29, 0.717) is 28.3 Å². The van der Waals surface area contributed by atoms with E-state index in [-0.39, 0.29) is 11.4 Å². The molecule has 1 amide bonds. The van der Waals surface area contributed by atoms with Crippen LogP contribution in [-0.4, -0.2) is 23.0 Å². The molecule has 0 aliphatic heterocycles. The van der Waals surface area contributed by atoms with Crippen LogP contribution < -0.4 is 16.4 Å². The number of nitrogens with two attached hydrogens (primary N) is 1. The maximum atomic E-state index is 12.1. The zero-order valence-corrected chi connectivity index (χ0v) is 14.6. The van der Waals surface area contributed by atoms with Crippen molar-refractivity contribution in [3.05, 3.63) is 4.88 Å². The summed E-state index contributed by atoms with van der Waals surface area (Å²) in [6.07, 6.45) is 3.32. The van der Waals surface area contributed by atoms with Gasteiger partial charge >= 0.3 is 0 Å². The maximum Gasteiger partial charge on any atom is 0.265 e. The van der Waals surface area contributed by atoms with E-state index in [1.165, 1.54) is 17.8 Å². The standard InChI is InChI=1S/C15H28N4OS/c1-10(2)8-6-7-9-17-13(20)11-12(16)18-14(21-11)19-15(3,4)5/h10H,6-9,16H2,1-5H3,(H,17,20)(H,18,19). The van der Waals surface area contributed by atoms with Crippen molar-refractivity contribution in [3.63, 3.8) is 0 Å². The minimum Gasteiger partial charge on any atom is -0.382 e. The van der Waals surface area contributed by atoms with Crippen LogP contribution >= 0.6 is 11.3 Å². The predicted molar refractivity (Wildman–Crippen MR) is 90.9 cm³/mol. The second kappa shape index (κ2) is 7.64. The number of nitrogen functional groups attached to an aromatic ring is 1. The Balaban J connectivity index is 2.47. The summed E-state index contributed by atoms with van der Waals surface area (Å²) in [6.45, 7) is 11.2. The van der Waals surface area contributed by atoms with Crippen LogP contribution in [0.5, 0.6) is 0 Å². The molecule has 0 atom stereocenters. The molecule has 4 N–H and O–H groups in total. The number of thiazole rings is 1. The minimum absolute atomic E-state index is 0.102. The van der Waals surface area contributed by atoms with E-state index < -0.39 is 0 Å². The van der Waals surface area contributed by atoms with Crippen LogP contribution in [0.4, 0.5) is 10.9 Å². The Labute approximate surface area is 131 Å². The van der Waals surface area contributed by atoms with E-state index in [1.54, 1.807) is 0 Å². The first-order chi connectivity index (χ1) is 9.69. The molecule has 6 heteroatoms. The molecule has 0 saturated heterocycles. The van der Waals surface area contributed by atoms with Crippen molar-refractivity contribution in [2.45, 2.75) is 59.4 Å². The molecule has 0 aliphatic carbocycles. The average Bonchev–Trinajstić information content (AvgIpc) is 2.66. The lowest BCUT2D eigenvalue weighted by Gasteiger charge is -2.19. The number of aromatic nitrogens is 1. The number of hydrogen-bond acceptors (Lipinski definition) is 5. The Morgan fingerprint density at radius 1 is 1.33 bits per heavy atom. The Morgan fingerprint density at radius 3 is 2.57 bits per heavy atom. The van der Waals surface area contributed by atoms with E-state index in [9.17, 15) is 4.79 Å². The largest absolute Gasteiger partial charge is 0.382 e. The van der Waals surface area contributed by atoms with E-state index >= 15 is 0 Å². The van der Waals surface area contributed by atoms with Crippen molar-refractivity contribution in [3.8, 4) is 0 Å². The van der Waals surface area contributed by atoms with Gasteiger partial charge in [-0.1, -0.05) is 38.0 Å². The third kappa shape index (κ3) is 6.80. The number of carbonyl (C=O) groups is 1. The molecule has 1 aromatic heterocycles. The first kappa shape index (κ1) is 17.8. The highest BCUT2D eigenvalue weighted by Crippen LogP contribution is 2.27. The van der Waals surface area contributed by atoms with Gasteiger partial charge in [0.25, 0.3) is 5.91 Å². The number of hydrogen-bond donors (Lipinski definition) is 3. The van der Waals surface area contributed by atoms with Gasteiger partial charge in [-0.15, -0.1) is 0 Å². The van der Waals surface area contributed by atoms with Crippen molar-refractivity contribution < 1.29 is 4.79 Å². The molecule has 0 radical (unpaired) electrons. The smallest absolute Gasteiger partial charge is 0.265 e. The lowest BCUT2D eigenvalue weighted by molar-refractivity contribution is 0.0957. The summed E-state index contributed by atoms with van der Waals surface area (Å²) in [5, 5.41) is 6.83. The van der Waals surface area contributed by atoms with Crippen molar-refractivity contribution in [2.75, 3.05) is 17.6 Å². The minimum atomic E-state index is -0.128. The molecule has 0 aliphatic rings. The van der Waals surface area contributed by atoms with E-state index in [2.05, 4.69) is 29.5 Å². The fourth-order valence-electron chi connectivity index (χ4n) is 1.83. The zero-order valence-electron chi connectivity index (χ0n) is 13.7. The fourth-order valence-corrected chi connectivity index (χ4v) is 2.84. The van der Waals surface area contributed by atoms with Crippen molar-refractivity contribution in [1.82, 2.24) is 10.3 Å². The highest BCUT2D eigenvalue weighted by Gasteiger charge is 2.18. The summed E-state index contributed by atoms with van der Waals surface area (Å²) in [6, 6.07) is 0. The van der Waals surface area contributed by atoms with Crippen molar-refractivity contribution in [2.24, 2.45) is 5.92 Å². The second-order valence-electron chi connectivity index (χ2n) is 6.75. The zero-order chi connectivity index (χ0) is 16.0. The number of anilines is 2. The fraction of sp³-hybridized carbons (Fsp3) is 0.733. The molecule has 0 unspecified atom stereocenters. The summed E-state index contributed by atoms with van der Waals surface area (Å²) in [5.41, 5.74) is 5.73. The molecule has 0 saturated carbocycles. The van der Waals surface area contributed by atoms with Gasteiger partial charge in [0.15, 0.2) is 5.13 Å². The van der Waals surface area contributed by atoms with E-state index in [1.807, 2.05) is 20.8 Å². The molecule has 1 heterocycles. The van der Waals surface area contributed by atoms with Gasteiger partial charge < -0.3 is 16.4 Å². The number of nitrogens with one attached hydrogen (secondary N) is 2. The Bertz CT molecular complexity index is 463. The monoisotopic (exact) mass is 312 g/mol. The molecule has 21 heavy (non-hydrogen) atoms. The normalized spacial score (nSPS) is 11.7. The molecular weight excluding hydrogens is 284 g/mol. The first-order valence-electron chi connectivity index (χ1n) is 7.51. The number of carbonyl (C=O) groups excluding carboxylic acids is 1. The van der Waals surface area contributed by atoms with Gasteiger partial charge in [-0.3, -0.25) is 4.79 Å². The summed E-state index contributed by atoms with van der Waals surface area (Å²) in [4.78, 5) is 16.8. The maximum absolute atomic E-state index is 12.1. The highest BCUT2D eigenvalue weighted by atomic mass is 32.1. The van der Waals surface area contributed by atoms with Crippen LogP contribution in [0.15, 0.2) is 0 Å². The topological polar surface area (TPSA) is 80.0 Å². The molecule has 0 bridgehead atoms. The number of amides is 1. The highest BCUT2D eigenvalue weighted by molar-refractivity contribution is 7.18. The third-order valence-corrected chi connectivity index (χ3v) is 3.82. The lowest BCUT2D eigenvalue weighted by atomic mass is 10.1. The number of rotatable bonds is 7. The molecule has 120 valence electrons. The summed E-state index contributed by atoms with van der Waals surface area (Å²) in [5.74, 6) is 0.881. The molecule has 1 aromatic rings. The van der Waals surface area contributed by atoms with Crippen molar-refractivity contribution >= 4 is 28.2 Å². The Hall–Kier alpha value is -1.30. The van der Waals surface area contributed by atoms with E-state index in [4.69, 9.17) is 5.73 Å². The second-order valence-corrected chi connectivity index (χ2v) is 7.75. The van der Waals surface area contributed by atoms with Gasteiger partial charge in [-0.2, -0.15) is 0 Å². The summed E-state index contributed by atoms with van der Waals surface area (Å²) in [7, 11) is 0. The van der Waals surface area contributed by atoms with Gasteiger partial charge in [-0.25, -0.2) is 4.98 Å². The summed E-state index contributed by atoms with van der Waals surface area (Å²) < 4.78 is 0. The molecular formula is C15H28N4OS. The number of unbranched alkanes of at least 4 members (excludes halogenated alkanes) is 1. The molecule has 5 nitrogen and oxygen atoms in total. The molecule has 0 fully saturated rings. The van der Waals surface area contributed by atoms with E-state index in [0.717, 1.165) is 12.8 Å². The van der Waals surface area contributed by atoms with Gasteiger partial charge in [-0.05, 0) is 33.1 Å². The van der Waals surface area contributed by atoms with Gasteiger partial charge in [0.05, 0.1) is 0 Å². The number of nitrogens with zero attached hydrogens (tertiary/aromatic N) is 1. The van der Waals surface area contributed by atoms with Gasteiger partial charge in [0.2, 0.25) is 0 Å². The van der Waals surface area contributed by atoms with Gasteiger partial charge in [0.1, 0.15) is 10.7 Å².